The van der Waals surface area contributed by atoms with Crippen molar-refractivity contribution in [2.75, 3.05) is 17.7 Å². The van der Waals surface area contributed by atoms with Gasteiger partial charge in [0.05, 0.1) is 19.4 Å². The lowest BCUT2D eigenvalue weighted by Crippen LogP contribution is -2.26. The number of ketones is 1. The Morgan fingerprint density at radius 1 is 1.11 bits per heavy atom. The number of fused-ring (bicyclic) bond motifs is 1. The number of carbonyl (C=O) groups excluding carboxylic acids is 1. The fraction of sp³-hybridized carbons (Fsp3) is 0.250. The summed E-state index contributed by atoms with van der Waals surface area (Å²) in [6, 6.07) is 11.0. The van der Waals surface area contributed by atoms with Gasteiger partial charge in [0.1, 0.15) is 11.5 Å². The number of furan rings is 1. The zero-order valence-electron chi connectivity index (χ0n) is 15.1. The van der Waals surface area contributed by atoms with Gasteiger partial charge in [-0.05, 0) is 46.6 Å². The molecule has 0 unspecified atom stereocenters. The van der Waals surface area contributed by atoms with E-state index in [4.69, 9.17) is 13.8 Å². The Bertz CT molecular complexity index is 1040. The average molecular weight is 378 g/mol. The number of rotatable bonds is 3. The normalized spacial score (nSPS) is 21.2. The third-order valence-electron chi connectivity index (χ3n) is 5.23. The van der Waals surface area contributed by atoms with Crippen LogP contribution in [0, 0.1) is 0 Å². The van der Waals surface area contributed by atoms with E-state index < -0.39 is 0 Å². The smallest absolute Gasteiger partial charge is 0.219 e. The molecule has 2 aromatic heterocycles. The van der Waals surface area contributed by atoms with Crippen LogP contribution in [0.2, 0.25) is 0 Å². The molecule has 0 radical (unpaired) electrons. The molecule has 8 heteroatoms. The van der Waals surface area contributed by atoms with Gasteiger partial charge in [-0.25, -0.2) is 4.63 Å². The minimum absolute atomic E-state index is 0.0216. The summed E-state index contributed by atoms with van der Waals surface area (Å²) in [5.41, 5.74) is 2.42. The van der Waals surface area contributed by atoms with Gasteiger partial charge in [0.25, 0.3) is 0 Å². The summed E-state index contributed by atoms with van der Waals surface area (Å²) in [5, 5.41) is 14.4. The third kappa shape index (κ3) is 2.74. The minimum atomic E-state index is -0.369. The van der Waals surface area contributed by atoms with E-state index in [1.807, 2.05) is 36.4 Å². The number of nitrogens with one attached hydrogen (secondary N) is 2. The van der Waals surface area contributed by atoms with E-state index in [1.54, 1.807) is 13.4 Å². The number of methoxy groups -OCH3 is 1. The quantitative estimate of drug-likeness (QED) is 0.712. The SMILES string of the molecule is COc1ccc([C@@H]2Nc3nonc3NC3=C2C(=O)C[C@H](c2ccco2)C3)cc1. The van der Waals surface area contributed by atoms with Gasteiger partial charge in [0, 0.05) is 23.6 Å². The lowest BCUT2D eigenvalue weighted by atomic mass is 9.80. The fourth-order valence-electron chi connectivity index (χ4n) is 3.87. The van der Waals surface area contributed by atoms with Crippen LogP contribution in [-0.2, 0) is 4.79 Å². The Morgan fingerprint density at radius 2 is 1.93 bits per heavy atom. The molecule has 1 aliphatic heterocycles. The molecule has 0 spiro atoms. The van der Waals surface area contributed by atoms with Crippen molar-refractivity contribution in [3.63, 3.8) is 0 Å². The van der Waals surface area contributed by atoms with Crippen LogP contribution in [0.4, 0.5) is 11.6 Å². The standard InChI is InChI=1S/C20H18N4O4/c1-26-13-6-4-11(5-7-13)18-17-14(21-19-20(22-18)24-28-23-19)9-12(10-15(17)25)16-3-2-8-27-16/h2-8,12,18H,9-10H2,1H3,(H,21,23)(H,22,24)/t12-,18+/m1/s1. The maximum atomic E-state index is 13.2. The number of carbonyl (C=O) groups is 1. The number of Topliss-reactive ketones (excluding diaryl/α,β-unsaturated/α-hetero) is 1. The van der Waals surface area contributed by atoms with E-state index in [2.05, 4.69) is 20.9 Å². The molecule has 3 aromatic rings. The first-order valence-electron chi connectivity index (χ1n) is 9.02. The minimum Gasteiger partial charge on any atom is -0.497 e. The highest BCUT2D eigenvalue weighted by atomic mass is 16.6. The maximum Gasteiger partial charge on any atom is 0.219 e. The van der Waals surface area contributed by atoms with Crippen LogP contribution >= 0.6 is 0 Å². The van der Waals surface area contributed by atoms with Crippen LogP contribution in [0.1, 0.15) is 36.1 Å². The van der Waals surface area contributed by atoms with Gasteiger partial charge in [-0.15, -0.1) is 0 Å². The topological polar surface area (TPSA) is 102 Å². The van der Waals surface area contributed by atoms with Crippen molar-refractivity contribution in [2.45, 2.75) is 24.8 Å². The number of benzene rings is 1. The Kier molecular flexibility index (Phi) is 3.89. The van der Waals surface area contributed by atoms with Crippen LogP contribution in [-0.4, -0.2) is 23.2 Å². The van der Waals surface area contributed by atoms with Crippen LogP contribution < -0.4 is 15.4 Å². The van der Waals surface area contributed by atoms with E-state index >= 15 is 0 Å². The summed E-state index contributed by atoms with van der Waals surface area (Å²) in [5.74, 6) is 2.53. The molecular formula is C20H18N4O4. The van der Waals surface area contributed by atoms with E-state index in [1.165, 1.54) is 0 Å². The second-order valence-electron chi connectivity index (χ2n) is 6.87. The largest absolute Gasteiger partial charge is 0.497 e. The molecule has 5 rings (SSSR count). The number of hydrogen-bond acceptors (Lipinski definition) is 8. The molecule has 2 aliphatic rings. The molecular weight excluding hydrogens is 360 g/mol. The van der Waals surface area contributed by atoms with Crippen LogP contribution in [0.3, 0.4) is 0 Å². The monoisotopic (exact) mass is 378 g/mol. The number of nitrogens with zero attached hydrogens (tertiary/aromatic N) is 2. The molecule has 0 fully saturated rings. The first-order chi connectivity index (χ1) is 13.7. The van der Waals surface area contributed by atoms with Crippen LogP contribution in [0.15, 0.2) is 63.0 Å². The van der Waals surface area contributed by atoms with Crippen molar-refractivity contribution < 1.29 is 18.6 Å². The molecule has 1 aromatic carbocycles. The molecule has 28 heavy (non-hydrogen) atoms. The van der Waals surface area contributed by atoms with Crippen LogP contribution in [0.5, 0.6) is 5.75 Å². The van der Waals surface area contributed by atoms with E-state index in [0.29, 0.717) is 30.1 Å². The van der Waals surface area contributed by atoms with Crippen molar-refractivity contribution in [3.8, 4) is 5.75 Å². The summed E-state index contributed by atoms with van der Waals surface area (Å²) in [6.45, 7) is 0. The van der Waals surface area contributed by atoms with Gasteiger partial charge in [-0.3, -0.25) is 4.79 Å². The van der Waals surface area contributed by atoms with Crippen molar-refractivity contribution >= 4 is 17.4 Å². The summed E-state index contributed by atoms with van der Waals surface area (Å²) in [4.78, 5) is 13.2. The van der Waals surface area contributed by atoms with E-state index in [-0.39, 0.29) is 17.7 Å². The molecule has 8 nitrogen and oxygen atoms in total. The zero-order chi connectivity index (χ0) is 19.1. The van der Waals surface area contributed by atoms with Gasteiger partial charge >= 0.3 is 0 Å². The van der Waals surface area contributed by atoms with Gasteiger partial charge in [0.2, 0.25) is 11.6 Å². The average Bonchev–Trinajstić information content (AvgIpc) is 3.37. The van der Waals surface area contributed by atoms with Crippen molar-refractivity contribution in [1.29, 1.82) is 0 Å². The van der Waals surface area contributed by atoms with Gasteiger partial charge in [0.15, 0.2) is 5.78 Å². The van der Waals surface area contributed by atoms with Crippen molar-refractivity contribution in [3.05, 3.63) is 65.3 Å². The molecule has 3 heterocycles. The van der Waals surface area contributed by atoms with Crippen LogP contribution in [0.25, 0.3) is 0 Å². The summed E-state index contributed by atoms with van der Waals surface area (Å²) < 4.78 is 15.7. The highest BCUT2D eigenvalue weighted by Gasteiger charge is 2.38. The summed E-state index contributed by atoms with van der Waals surface area (Å²) in [6.07, 6.45) is 2.65. The highest BCUT2D eigenvalue weighted by Crippen LogP contribution is 2.43. The molecule has 2 N–H and O–H groups in total. The molecule has 0 bridgehead atoms. The third-order valence-corrected chi connectivity index (χ3v) is 5.23. The summed E-state index contributed by atoms with van der Waals surface area (Å²) in [7, 11) is 1.62. The van der Waals surface area contributed by atoms with Gasteiger partial charge < -0.3 is 19.8 Å². The molecule has 0 saturated carbocycles. The molecule has 2 atom stereocenters. The molecule has 0 saturated heterocycles. The molecule has 0 amide bonds. The zero-order valence-corrected chi connectivity index (χ0v) is 15.1. The predicted molar refractivity (Wildman–Crippen MR) is 100.0 cm³/mol. The van der Waals surface area contributed by atoms with Gasteiger partial charge in [-0.1, -0.05) is 12.1 Å². The maximum absolute atomic E-state index is 13.2. The van der Waals surface area contributed by atoms with E-state index in [0.717, 1.165) is 22.8 Å². The lowest BCUT2D eigenvalue weighted by Gasteiger charge is -2.28. The lowest BCUT2D eigenvalue weighted by molar-refractivity contribution is -0.116. The number of allylic oxidation sites excluding steroid dienone is 1. The number of aromatic nitrogens is 2. The second kappa shape index (κ2) is 6.56. The Morgan fingerprint density at radius 3 is 2.68 bits per heavy atom. The predicted octanol–water partition coefficient (Wildman–Crippen LogP) is 3.65. The fourth-order valence-corrected chi connectivity index (χ4v) is 3.87. The molecule has 1 aliphatic carbocycles. The number of hydrogen-bond donors (Lipinski definition) is 2. The van der Waals surface area contributed by atoms with Crippen molar-refractivity contribution in [2.24, 2.45) is 0 Å². The second-order valence-corrected chi connectivity index (χ2v) is 6.87. The summed E-state index contributed by atoms with van der Waals surface area (Å²) >= 11 is 0. The first kappa shape index (κ1) is 16.6. The number of anilines is 2. The first-order valence-corrected chi connectivity index (χ1v) is 9.02. The van der Waals surface area contributed by atoms with Crippen molar-refractivity contribution in [1.82, 2.24) is 10.3 Å². The van der Waals surface area contributed by atoms with Gasteiger partial charge in [-0.2, -0.15) is 0 Å². The Hall–Kier alpha value is -3.55. The highest BCUT2D eigenvalue weighted by molar-refractivity contribution is 6.00. The van der Waals surface area contributed by atoms with E-state index in [9.17, 15) is 4.79 Å². The Balaban J connectivity index is 1.59. The Labute approximate surface area is 160 Å². The molecule has 142 valence electrons. The number of ether oxygens (including phenoxy) is 1.